The molecule has 5 nitrogen and oxygen atoms in total. The van der Waals surface area contributed by atoms with Gasteiger partial charge in [0.05, 0.1) is 14.2 Å². The molecule has 0 aliphatic carbocycles. The molecule has 0 amide bonds. The molecule has 0 heterocycles. The third kappa shape index (κ3) is 6.12. The van der Waals surface area contributed by atoms with Gasteiger partial charge in [-0.1, -0.05) is 0 Å². The van der Waals surface area contributed by atoms with Crippen LogP contribution < -0.4 is 19.5 Å². The Bertz CT molecular complexity index is 362. The van der Waals surface area contributed by atoms with Crippen LogP contribution in [0.5, 0.6) is 17.2 Å². The Kier molecular flexibility index (Phi) is 7.84. The average Bonchev–Trinajstić information content (AvgIpc) is 2.46. The minimum atomic E-state index is 0.0642. The summed E-state index contributed by atoms with van der Waals surface area (Å²) in [6, 6.07) is 5.52. The molecule has 0 aliphatic rings. The van der Waals surface area contributed by atoms with Crippen molar-refractivity contribution in [3.63, 3.8) is 0 Å². The largest absolute Gasteiger partial charge is 0.496 e. The summed E-state index contributed by atoms with van der Waals surface area (Å²) >= 11 is 0. The first-order chi connectivity index (χ1) is 9.69. The number of hydrogen-bond donors (Lipinski definition) is 1. The van der Waals surface area contributed by atoms with Crippen molar-refractivity contribution in [1.82, 2.24) is 5.32 Å². The van der Waals surface area contributed by atoms with Crippen LogP contribution in [-0.4, -0.2) is 47.1 Å². The summed E-state index contributed by atoms with van der Waals surface area (Å²) in [5.41, 5.74) is 0. The van der Waals surface area contributed by atoms with Gasteiger partial charge in [-0.25, -0.2) is 0 Å². The highest BCUT2D eigenvalue weighted by atomic mass is 16.5. The third-order valence-corrected chi connectivity index (χ3v) is 2.80. The van der Waals surface area contributed by atoms with Crippen molar-refractivity contribution in [3.05, 3.63) is 18.2 Å². The first-order valence-electron chi connectivity index (χ1n) is 6.79. The number of nitrogens with one attached hydrogen (secondary N) is 1. The van der Waals surface area contributed by atoms with Gasteiger partial charge in [-0.2, -0.15) is 0 Å². The number of methoxy groups -OCH3 is 3. The molecule has 1 rings (SSSR count). The molecule has 1 N–H and O–H groups in total. The second-order valence-corrected chi connectivity index (χ2v) is 4.53. The van der Waals surface area contributed by atoms with Gasteiger partial charge in [-0.15, -0.1) is 0 Å². The molecule has 0 radical (unpaired) electrons. The Hall–Kier alpha value is -1.46. The molecule has 1 atom stereocenters. The van der Waals surface area contributed by atoms with Gasteiger partial charge in [0, 0.05) is 38.5 Å². The Morgan fingerprint density at radius 1 is 1.00 bits per heavy atom. The van der Waals surface area contributed by atoms with Crippen LogP contribution in [-0.2, 0) is 4.74 Å². The van der Waals surface area contributed by atoms with Crippen molar-refractivity contribution in [2.24, 2.45) is 0 Å². The molecule has 20 heavy (non-hydrogen) atoms. The maximum absolute atomic E-state index is 5.85. The molecule has 5 heteroatoms. The van der Waals surface area contributed by atoms with E-state index < -0.39 is 0 Å². The molecule has 1 unspecified atom stereocenters. The molecule has 0 fully saturated rings. The highest BCUT2D eigenvalue weighted by molar-refractivity contribution is 5.42. The van der Waals surface area contributed by atoms with E-state index in [4.69, 9.17) is 18.9 Å². The lowest BCUT2D eigenvalue weighted by Gasteiger charge is -2.16. The standard InChI is InChI=1S/C15H25NO4/c1-12(11-16-6-5-7-17-2)20-15-9-13(18-3)8-14(10-15)19-4/h8-10,12,16H,5-7,11H2,1-4H3. The van der Waals surface area contributed by atoms with Crippen molar-refractivity contribution in [2.45, 2.75) is 19.4 Å². The molecular weight excluding hydrogens is 258 g/mol. The molecule has 0 aliphatic heterocycles. The van der Waals surface area contributed by atoms with Gasteiger partial charge in [-0.3, -0.25) is 0 Å². The molecule has 0 aromatic heterocycles. The zero-order valence-corrected chi connectivity index (χ0v) is 12.8. The van der Waals surface area contributed by atoms with E-state index in [1.165, 1.54) is 0 Å². The molecule has 1 aromatic carbocycles. The quantitative estimate of drug-likeness (QED) is 0.666. The highest BCUT2D eigenvalue weighted by Crippen LogP contribution is 2.27. The van der Waals surface area contributed by atoms with E-state index in [2.05, 4.69) is 5.32 Å². The Morgan fingerprint density at radius 2 is 1.60 bits per heavy atom. The van der Waals surface area contributed by atoms with Crippen LogP contribution in [0.2, 0.25) is 0 Å². The van der Waals surface area contributed by atoms with Gasteiger partial charge in [0.15, 0.2) is 0 Å². The molecule has 1 aromatic rings. The first-order valence-corrected chi connectivity index (χ1v) is 6.79. The van der Waals surface area contributed by atoms with Crippen LogP contribution in [0.15, 0.2) is 18.2 Å². The van der Waals surface area contributed by atoms with Crippen molar-refractivity contribution in [2.75, 3.05) is 41.0 Å². The summed E-state index contributed by atoms with van der Waals surface area (Å²) < 4.78 is 21.3. The summed E-state index contributed by atoms with van der Waals surface area (Å²) in [7, 11) is 4.96. The van der Waals surface area contributed by atoms with Crippen LogP contribution in [0.25, 0.3) is 0 Å². The smallest absolute Gasteiger partial charge is 0.127 e. The number of hydrogen-bond acceptors (Lipinski definition) is 5. The van der Waals surface area contributed by atoms with Gasteiger partial charge in [0.1, 0.15) is 23.4 Å². The highest BCUT2D eigenvalue weighted by Gasteiger charge is 2.07. The molecule has 114 valence electrons. The second kappa shape index (κ2) is 9.44. The molecule has 0 saturated carbocycles. The van der Waals surface area contributed by atoms with Crippen molar-refractivity contribution >= 4 is 0 Å². The van der Waals surface area contributed by atoms with Gasteiger partial charge in [0.2, 0.25) is 0 Å². The van der Waals surface area contributed by atoms with Crippen LogP contribution in [0.1, 0.15) is 13.3 Å². The van der Waals surface area contributed by atoms with Crippen LogP contribution in [0.3, 0.4) is 0 Å². The summed E-state index contributed by atoms with van der Waals surface area (Å²) in [5.74, 6) is 2.19. The van der Waals surface area contributed by atoms with E-state index in [9.17, 15) is 0 Å². The van der Waals surface area contributed by atoms with E-state index >= 15 is 0 Å². The van der Waals surface area contributed by atoms with Crippen molar-refractivity contribution < 1.29 is 18.9 Å². The maximum Gasteiger partial charge on any atom is 0.127 e. The zero-order valence-electron chi connectivity index (χ0n) is 12.8. The number of ether oxygens (including phenoxy) is 4. The lowest BCUT2D eigenvalue weighted by atomic mass is 10.3. The van der Waals surface area contributed by atoms with E-state index in [-0.39, 0.29) is 6.10 Å². The van der Waals surface area contributed by atoms with Crippen molar-refractivity contribution in [1.29, 1.82) is 0 Å². The van der Waals surface area contributed by atoms with E-state index in [1.54, 1.807) is 21.3 Å². The van der Waals surface area contributed by atoms with Crippen LogP contribution in [0.4, 0.5) is 0 Å². The molecule has 0 spiro atoms. The molecular formula is C15H25NO4. The van der Waals surface area contributed by atoms with Crippen LogP contribution in [0, 0.1) is 0 Å². The summed E-state index contributed by atoms with van der Waals surface area (Å²) in [4.78, 5) is 0. The third-order valence-electron chi connectivity index (χ3n) is 2.80. The fourth-order valence-electron chi connectivity index (χ4n) is 1.77. The maximum atomic E-state index is 5.85. The summed E-state index contributed by atoms with van der Waals surface area (Å²) in [5, 5.41) is 3.33. The van der Waals surface area contributed by atoms with E-state index in [0.717, 1.165) is 43.4 Å². The summed E-state index contributed by atoms with van der Waals surface area (Å²) in [6.07, 6.45) is 1.06. The number of benzene rings is 1. The van der Waals surface area contributed by atoms with Gasteiger partial charge in [-0.05, 0) is 19.9 Å². The lowest BCUT2D eigenvalue weighted by molar-refractivity contribution is 0.188. The predicted octanol–water partition coefficient (Wildman–Crippen LogP) is 2.10. The monoisotopic (exact) mass is 283 g/mol. The van der Waals surface area contributed by atoms with Crippen molar-refractivity contribution in [3.8, 4) is 17.2 Å². The van der Waals surface area contributed by atoms with E-state index in [1.807, 2.05) is 25.1 Å². The predicted molar refractivity (Wildman–Crippen MR) is 79.0 cm³/mol. The van der Waals surface area contributed by atoms with Gasteiger partial charge < -0.3 is 24.3 Å². The molecule has 0 bridgehead atoms. The first kappa shape index (κ1) is 16.6. The Morgan fingerprint density at radius 3 is 2.15 bits per heavy atom. The van der Waals surface area contributed by atoms with Crippen LogP contribution >= 0.6 is 0 Å². The topological polar surface area (TPSA) is 49.0 Å². The summed E-state index contributed by atoms with van der Waals surface area (Å²) in [6.45, 7) is 4.50. The zero-order chi connectivity index (χ0) is 14.8. The molecule has 0 saturated heterocycles. The Labute approximate surface area is 121 Å². The Balaban J connectivity index is 2.42. The fraction of sp³-hybridized carbons (Fsp3) is 0.600. The van der Waals surface area contributed by atoms with Gasteiger partial charge in [0.25, 0.3) is 0 Å². The van der Waals surface area contributed by atoms with E-state index in [0.29, 0.717) is 0 Å². The minimum absolute atomic E-state index is 0.0642. The minimum Gasteiger partial charge on any atom is -0.496 e. The van der Waals surface area contributed by atoms with Gasteiger partial charge >= 0.3 is 0 Å². The number of rotatable bonds is 10. The fourth-order valence-corrected chi connectivity index (χ4v) is 1.77. The average molecular weight is 283 g/mol. The SMILES string of the molecule is COCCCNCC(C)Oc1cc(OC)cc(OC)c1. The lowest BCUT2D eigenvalue weighted by Crippen LogP contribution is -2.30. The second-order valence-electron chi connectivity index (χ2n) is 4.53. The normalized spacial score (nSPS) is 12.0.